The Morgan fingerprint density at radius 1 is 1.32 bits per heavy atom. The minimum atomic E-state index is 0.123. The number of nitrogens with zero attached hydrogens (tertiary/aromatic N) is 3. The van der Waals surface area contributed by atoms with Crippen molar-refractivity contribution < 1.29 is 4.79 Å². The van der Waals surface area contributed by atoms with E-state index < -0.39 is 0 Å². The number of likely N-dealkylation sites (N-methyl/N-ethyl adjacent to an activating group) is 1. The summed E-state index contributed by atoms with van der Waals surface area (Å²) in [4.78, 5) is 23.0. The maximum atomic E-state index is 11.5. The van der Waals surface area contributed by atoms with Crippen molar-refractivity contribution in [3.63, 3.8) is 0 Å². The lowest BCUT2D eigenvalue weighted by Gasteiger charge is -2.38. The zero-order valence-electron chi connectivity index (χ0n) is 13.1. The van der Waals surface area contributed by atoms with Gasteiger partial charge in [-0.1, -0.05) is 0 Å². The number of anilines is 1. The lowest BCUT2D eigenvalue weighted by Crippen LogP contribution is -2.47. The molecule has 0 bridgehead atoms. The first kappa shape index (κ1) is 14.2. The van der Waals surface area contributed by atoms with E-state index in [2.05, 4.69) is 29.0 Å². The molecule has 2 atom stereocenters. The van der Waals surface area contributed by atoms with Gasteiger partial charge in [0, 0.05) is 24.5 Å². The molecule has 0 saturated carbocycles. The maximum absolute atomic E-state index is 11.5. The summed E-state index contributed by atoms with van der Waals surface area (Å²) < 4.78 is 0. The zero-order chi connectivity index (χ0) is 15.3. The highest BCUT2D eigenvalue weighted by Crippen LogP contribution is 2.33. The maximum Gasteiger partial charge on any atom is 0.169 e. The van der Waals surface area contributed by atoms with Gasteiger partial charge in [-0.25, -0.2) is 4.98 Å². The Labute approximate surface area is 134 Å². The first-order valence-electron chi connectivity index (χ1n) is 7.98. The van der Waals surface area contributed by atoms with Gasteiger partial charge >= 0.3 is 0 Å². The number of Topliss-reactive ketones (excluding diaryl/α,β-unsaturated/α-hetero) is 1. The molecule has 2 unspecified atom stereocenters. The first-order chi connectivity index (χ1) is 10.6. The average Bonchev–Trinajstić information content (AvgIpc) is 3.10. The van der Waals surface area contributed by atoms with Crippen molar-refractivity contribution >= 4 is 33.2 Å². The van der Waals surface area contributed by atoms with Gasteiger partial charge in [0.2, 0.25) is 0 Å². The van der Waals surface area contributed by atoms with Gasteiger partial charge in [-0.05, 0) is 57.5 Å². The number of ketones is 1. The second-order valence-corrected chi connectivity index (χ2v) is 7.59. The van der Waals surface area contributed by atoms with Crippen molar-refractivity contribution in [3.8, 4) is 0 Å². The molecule has 2 aliphatic rings. The Hall–Kier alpha value is -1.46. The largest absolute Gasteiger partial charge is 0.355 e. The van der Waals surface area contributed by atoms with Crippen molar-refractivity contribution in [2.75, 3.05) is 31.6 Å². The minimum Gasteiger partial charge on any atom is -0.355 e. The number of carbonyl (C=O) groups excluding carboxylic acids is 1. The van der Waals surface area contributed by atoms with Crippen LogP contribution in [0, 0.1) is 5.92 Å². The molecule has 5 heteroatoms. The third-order valence-electron chi connectivity index (χ3n) is 5.18. The third-order valence-corrected chi connectivity index (χ3v) is 6.32. The highest BCUT2D eigenvalue weighted by atomic mass is 32.1. The van der Waals surface area contributed by atoms with Crippen LogP contribution in [0.15, 0.2) is 18.2 Å². The Morgan fingerprint density at radius 2 is 2.14 bits per heavy atom. The van der Waals surface area contributed by atoms with Crippen LogP contribution in [0.1, 0.15) is 29.4 Å². The van der Waals surface area contributed by atoms with E-state index in [9.17, 15) is 4.79 Å². The molecule has 116 valence electrons. The molecule has 0 N–H and O–H groups in total. The standard InChI is InChI=1S/C17H21N3OS/c1-11(21)15-9-13-3-4-16(18-17(13)22-15)20-8-6-12-5-7-19(2)14(12)10-20/h3-4,9,12,14H,5-8,10H2,1-2H3. The van der Waals surface area contributed by atoms with Gasteiger partial charge in [-0.3, -0.25) is 4.79 Å². The van der Waals surface area contributed by atoms with Crippen LogP contribution in [0.5, 0.6) is 0 Å². The summed E-state index contributed by atoms with van der Waals surface area (Å²) in [5.74, 6) is 2.04. The second kappa shape index (κ2) is 5.32. The van der Waals surface area contributed by atoms with Gasteiger partial charge in [0.05, 0.1) is 4.88 Å². The Balaban J connectivity index is 1.62. The number of carbonyl (C=O) groups is 1. The summed E-state index contributed by atoms with van der Waals surface area (Å²) >= 11 is 1.51. The van der Waals surface area contributed by atoms with Crippen LogP contribution in [-0.4, -0.2) is 48.4 Å². The summed E-state index contributed by atoms with van der Waals surface area (Å²) in [7, 11) is 2.24. The lowest BCUT2D eigenvalue weighted by molar-refractivity contribution is 0.102. The minimum absolute atomic E-state index is 0.123. The molecule has 0 aliphatic carbocycles. The van der Waals surface area contributed by atoms with Crippen LogP contribution in [0.2, 0.25) is 0 Å². The Kier molecular flexibility index (Phi) is 3.42. The number of aromatic nitrogens is 1. The molecule has 4 nitrogen and oxygen atoms in total. The number of likely N-dealkylation sites (tertiary alicyclic amines) is 1. The molecule has 0 aromatic carbocycles. The van der Waals surface area contributed by atoms with E-state index in [4.69, 9.17) is 4.98 Å². The topological polar surface area (TPSA) is 36.4 Å². The number of fused-ring (bicyclic) bond motifs is 2. The molecule has 0 amide bonds. The fraction of sp³-hybridized carbons (Fsp3) is 0.529. The molecule has 0 spiro atoms. The molecule has 0 radical (unpaired) electrons. The van der Waals surface area contributed by atoms with Crippen LogP contribution >= 0.6 is 11.3 Å². The normalized spacial score (nSPS) is 25.6. The van der Waals surface area contributed by atoms with Crippen molar-refractivity contribution in [3.05, 3.63) is 23.1 Å². The van der Waals surface area contributed by atoms with Gasteiger partial charge in [-0.15, -0.1) is 11.3 Å². The molecule has 22 heavy (non-hydrogen) atoms. The molecule has 4 heterocycles. The number of piperidine rings is 1. The van der Waals surface area contributed by atoms with Crippen LogP contribution < -0.4 is 4.90 Å². The van der Waals surface area contributed by atoms with Gasteiger partial charge in [0.15, 0.2) is 5.78 Å². The second-order valence-electron chi connectivity index (χ2n) is 6.56. The summed E-state index contributed by atoms with van der Waals surface area (Å²) in [5, 5.41) is 1.08. The van der Waals surface area contributed by atoms with Crippen molar-refractivity contribution in [2.24, 2.45) is 5.92 Å². The summed E-state index contributed by atoms with van der Waals surface area (Å²) in [6.07, 6.45) is 2.60. The number of rotatable bonds is 2. The molecular weight excluding hydrogens is 294 g/mol. The molecule has 2 aliphatic heterocycles. The van der Waals surface area contributed by atoms with Crippen LogP contribution in [0.3, 0.4) is 0 Å². The lowest BCUT2D eigenvalue weighted by atomic mass is 9.92. The number of pyridine rings is 1. The van der Waals surface area contributed by atoms with E-state index in [1.807, 2.05) is 6.07 Å². The van der Waals surface area contributed by atoms with E-state index >= 15 is 0 Å². The van der Waals surface area contributed by atoms with Crippen molar-refractivity contribution in [2.45, 2.75) is 25.8 Å². The van der Waals surface area contributed by atoms with E-state index in [0.717, 1.165) is 39.9 Å². The molecular formula is C17H21N3OS. The number of hydrogen-bond donors (Lipinski definition) is 0. The predicted molar refractivity (Wildman–Crippen MR) is 91.0 cm³/mol. The molecule has 2 fully saturated rings. The molecule has 4 rings (SSSR count). The highest BCUT2D eigenvalue weighted by molar-refractivity contribution is 7.20. The van der Waals surface area contributed by atoms with Crippen molar-refractivity contribution in [1.29, 1.82) is 0 Å². The third kappa shape index (κ3) is 2.32. The summed E-state index contributed by atoms with van der Waals surface area (Å²) in [5.41, 5.74) is 0. The van der Waals surface area contributed by atoms with E-state index in [1.54, 1.807) is 6.92 Å². The van der Waals surface area contributed by atoms with Gasteiger partial charge < -0.3 is 9.80 Å². The number of thiophene rings is 1. The zero-order valence-corrected chi connectivity index (χ0v) is 13.9. The van der Waals surface area contributed by atoms with E-state index in [0.29, 0.717) is 6.04 Å². The van der Waals surface area contributed by atoms with Crippen LogP contribution in [0.4, 0.5) is 5.82 Å². The van der Waals surface area contributed by atoms with Crippen LogP contribution in [0.25, 0.3) is 10.2 Å². The molecule has 2 saturated heterocycles. The first-order valence-corrected chi connectivity index (χ1v) is 8.80. The van der Waals surface area contributed by atoms with Gasteiger partial charge in [0.1, 0.15) is 10.6 Å². The van der Waals surface area contributed by atoms with E-state index in [-0.39, 0.29) is 5.78 Å². The quantitative estimate of drug-likeness (QED) is 0.798. The summed E-state index contributed by atoms with van der Waals surface area (Å²) in [6.45, 7) is 5.01. The smallest absolute Gasteiger partial charge is 0.169 e. The van der Waals surface area contributed by atoms with Crippen LogP contribution in [-0.2, 0) is 0 Å². The Bertz CT molecular complexity index is 726. The molecule has 2 aromatic heterocycles. The fourth-order valence-corrected chi connectivity index (χ4v) is 4.74. The summed E-state index contributed by atoms with van der Waals surface area (Å²) in [6, 6.07) is 6.83. The highest BCUT2D eigenvalue weighted by Gasteiger charge is 2.36. The predicted octanol–water partition coefficient (Wildman–Crippen LogP) is 3.03. The fourth-order valence-electron chi connectivity index (χ4n) is 3.82. The monoisotopic (exact) mass is 315 g/mol. The van der Waals surface area contributed by atoms with Crippen molar-refractivity contribution in [1.82, 2.24) is 9.88 Å². The average molecular weight is 315 g/mol. The van der Waals surface area contributed by atoms with Gasteiger partial charge in [-0.2, -0.15) is 0 Å². The SMILES string of the molecule is CC(=O)c1cc2ccc(N3CCC4CCN(C)C4C3)nc2s1. The molecule has 2 aromatic rings. The number of hydrogen-bond acceptors (Lipinski definition) is 5. The Morgan fingerprint density at radius 3 is 2.95 bits per heavy atom. The van der Waals surface area contributed by atoms with E-state index in [1.165, 1.54) is 30.7 Å². The van der Waals surface area contributed by atoms with Gasteiger partial charge in [0.25, 0.3) is 0 Å².